The molecule has 2 aromatic heterocycles. The Hall–Kier alpha value is -1.62. The van der Waals surface area contributed by atoms with Gasteiger partial charge in [-0.3, -0.25) is 13.6 Å². The van der Waals surface area contributed by atoms with Crippen LogP contribution >= 0.6 is 7.82 Å². The average Bonchev–Trinajstić information content (AvgIpc) is 3.07. The fourth-order valence-electron chi connectivity index (χ4n) is 4.63. The van der Waals surface area contributed by atoms with Gasteiger partial charge in [0.15, 0.2) is 17.7 Å². The van der Waals surface area contributed by atoms with Crippen molar-refractivity contribution in [1.82, 2.24) is 19.5 Å². The summed E-state index contributed by atoms with van der Waals surface area (Å²) >= 11 is 0. The van der Waals surface area contributed by atoms with Crippen molar-refractivity contribution >= 4 is 24.8 Å². The summed E-state index contributed by atoms with van der Waals surface area (Å²) in [5.74, 6) is 0.256. The molecule has 0 aliphatic carbocycles. The second-order valence-electron chi connectivity index (χ2n) is 10.7. The summed E-state index contributed by atoms with van der Waals surface area (Å²) in [6.07, 6.45) is 1.81. The summed E-state index contributed by atoms with van der Waals surface area (Å²) in [7, 11) is -4.42. The van der Waals surface area contributed by atoms with Crippen LogP contribution in [-0.2, 0) is 23.1 Å². The zero-order valence-corrected chi connectivity index (χ0v) is 20.2. The smallest absolute Gasteiger partial charge is 0.382 e. The van der Waals surface area contributed by atoms with E-state index in [2.05, 4.69) is 35.7 Å². The van der Waals surface area contributed by atoms with Crippen molar-refractivity contribution in [2.45, 2.75) is 84.0 Å². The Bertz CT molecular complexity index is 1050. The number of phosphoric acid groups is 1. The summed E-state index contributed by atoms with van der Waals surface area (Å²) in [6.45, 7) is 11.8. The maximum absolute atomic E-state index is 12.9. The zero-order valence-electron chi connectivity index (χ0n) is 19.3. The van der Waals surface area contributed by atoms with E-state index in [1.165, 1.54) is 6.33 Å². The first kappa shape index (κ1) is 23.5. The van der Waals surface area contributed by atoms with Crippen LogP contribution < -0.4 is 5.73 Å². The summed E-state index contributed by atoms with van der Waals surface area (Å²) < 4.78 is 38.5. The lowest BCUT2D eigenvalue weighted by Crippen LogP contribution is -2.51. The van der Waals surface area contributed by atoms with Crippen LogP contribution in [0.1, 0.15) is 60.6 Å². The molecule has 5 atom stereocenters. The summed E-state index contributed by atoms with van der Waals surface area (Å²) in [6, 6.07) is 0. The van der Waals surface area contributed by atoms with Crippen LogP contribution in [0.3, 0.4) is 0 Å². The third-order valence-electron chi connectivity index (χ3n) is 5.42. The van der Waals surface area contributed by atoms with E-state index in [-0.39, 0.29) is 11.2 Å². The Balaban J connectivity index is 1.75. The molecule has 2 fully saturated rings. The Kier molecular flexibility index (Phi) is 5.67. The summed E-state index contributed by atoms with van der Waals surface area (Å²) in [5.41, 5.74) is 5.00. The molecule has 0 aromatic carbocycles. The lowest BCUT2D eigenvalue weighted by Gasteiger charge is -2.42. The molecule has 3 N–H and O–H groups in total. The molecule has 2 aromatic rings. The Morgan fingerprint density at radius 2 is 2.00 bits per heavy atom. The van der Waals surface area contributed by atoms with Gasteiger partial charge in [-0.05, 0) is 32.6 Å². The average molecular weight is 469 g/mol. The van der Waals surface area contributed by atoms with Gasteiger partial charge >= 0.3 is 7.82 Å². The molecule has 2 aliphatic heterocycles. The third kappa shape index (κ3) is 4.55. The number of nitrogens with zero attached hydrogens (tertiary/aromatic N) is 4. The van der Waals surface area contributed by atoms with Crippen LogP contribution in [0.4, 0.5) is 5.82 Å². The van der Waals surface area contributed by atoms with Crippen molar-refractivity contribution < 1.29 is 28.0 Å². The molecule has 2 unspecified atom stereocenters. The molecule has 12 heteroatoms. The number of aromatic nitrogens is 4. The van der Waals surface area contributed by atoms with Crippen molar-refractivity contribution in [2.24, 2.45) is 5.41 Å². The maximum Gasteiger partial charge on any atom is 0.473 e. The van der Waals surface area contributed by atoms with Crippen molar-refractivity contribution in [1.29, 1.82) is 0 Å². The fraction of sp³-hybridized carbons (Fsp3) is 0.750. The molecule has 4 rings (SSSR count). The topological polar surface area (TPSA) is 144 Å². The van der Waals surface area contributed by atoms with E-state index in [4.69, 9.17) is 24.3 Å². The highest BCUT2D eigenvalue weighted by Gasteiger charge is 2.62. The van der Waals surface area contributed by atoms with Gasteiger partial charge in [0.1, 0.15) is 29.7 Å². The van der Waals surface area contributed by atoms with Crippen LogP contribution in [0, 0.1) is 5.41 Å². The molecule has 32 heavy (non-hydrogen) atoms. The van der Waals surface area contributed by atoms with Gasteiger partial charge in [-0.2, -0.15) is 0 Å². The number of hydrogen-bond acceptors (Lipinski definition) is 9. The lowest BCUT2D eigenvalue weighted by molar-refractivity contribution is -0.137. The fourth-order valence-corrected chi connectivity index (χ4v) is 5.96. The van der Waals surface area contributed by atoms with E-state index in [9.17, 15) is 9.46 Å². The normalized spacial score (nSPS) is 30.5. The van der Waals surface area contributed by atoms with Gasteiger partial charge in [0, 0.05) is 6.42 Å². The van der Waals surface area contributed by atoms with Crippen LogP contribution in [-0.4, -0.2) is 54.4 Å². The van der Waals surface area contributed by atoms with E-state index in [0.29, 0.717) is 30.6 Å². The highest BCUT2D eigenvalue weighted by Crippen LogP contribution is 2.58. The number of hydrogen-bond donors (Lipinski definition) is 2. The predicted octanol–water partition coefficient (Wildman–Crippen LogP) is 3.20. The number of anilines is 1. The SMILES string of the molecule is CC(C)(C)C[C@]12CCO[C@@H](C1OP(=O)(O)OC(C)(C)C)[C@H](n1cnc3c(N)ncnc31)O2. The molecular formula is C20H32N5O6P. The first-order valence-corrected chi connectivity index (χ1v) is 12.1. The minimum atomic E-state index is -4.42. The molecule has 0 spiro atoms. The quantitative estimate of drug-likeness (QED) is 0.626. The number of imidazole rings is 1. The van der Waals surface area contributed by atoms with Gasteiger partial charge in [-0.25, -0.2) is 19.5 Å². The van der Waals surface area contributed by atoms with Crippen LogP contribution in [0.5, 0.6) is 0 Å². The minimum absolute atomic E-state index is 0.147. The van der Waals surface area contributed by atoms with E-state index in [1.807, 2.05) is 0 Å². The van der Waals surface area contributed by atoms with E-state index < -0.39 is 37.5 Å². The molecule has 2 bridgehead atoms. The highest BCUT2D eigenvalue weighted by atomic mass is 31.2. The second kappa shape index (κ2) is 7.72. The van der Waals surface area contributed by atoms with Gasteiger partial charge in [0.2, 0.25) is 0 Å². The molecular weight excluding hydrogens is 437 g/mol. The van der Waals surface area contributed by atoms with Crippen LogP contribution in [0.15, 0.2) is 12.7 Å². The summed E-state index contributed by atoms with van der Waals surface area (Å²) in [5, 5.41) is 0. The van der Waals surface area contributed by atoms with Crippen molar-refractivity contribution in [2.75, 3.05) is 12.3 Å². The molecule has 11 nitrogen and oxygen atoms in total. The Morgan fingerprint density at radius 1 is 1.28 bits per heavy atom. The molecule has 178 valence electrons. The maximum atomic E-state index is 12.9. The Morgan fingerprint density at radius 3 is 2.66 bits per heavy atom. The van der Waals surface area contributed by atoms with Gasteiger partial charge < -0.3 is 20.1 Å². The zero-order chi connectivity index (χ0) is 23.5. The molecule has 2 saturated heterocycles. The highest BCUT2D eigenvalue weighted by molar-refractivity contribution is 7.47. The standard InChI is InChI=1S/C20H32N5O6P/c1-18(2,3)9-20-7-8-28-13(14(20)30-32(26,27)31-19(4,5)6)17(29-20)25-11-24-12-15(21)22-10-23-16(12)25/h10-11,13-14,17H,7-9H2,1-6H3,(H,26,27)(H2,21,22,23)/t13-,14?,17+,20+/m0/s1. The lowest BCUT2D eigenvalue weighted by atomic mass is 9.76. The number of rotatable bonds is 5. The van der Waals surface area contributed by atoms with E-state index in [0.717, 1.165) is 0 Å². The van der Waals surface area contributed by atoms with Crippen LogP contribution in [0.25, 0.3) is 11.2 Å². The van der Waals surface area contributed by atoms with Crippen molar-refractivity contribution in [3.8, 4) is 0 Å². The Labute approximate surface area is 187 Å². The first-order chi connectivity index (χ1) is 14.7. The third-order valence-corrected chi connectivity index (χ3v) is 6.69. The molecule has 0 saturated carbocycles. The van der Waals surface area contributed by atoms with E-state index in [1.54, 1.807) is 31.7 Å². The predicted molar refractivity (Wildman–Crippen MR) is 117 cm³/mol. The number of ether oxygens (including phenoxy) is 2. The van der Waals surface area contributed by atoms with Gasteiger partial charge in [0.25, 0.3) is 0 Å². The number of nitrogen functional groups attached to an aromatic ring is 1. The number of fused-ring (bicyclic) bond motifs is 3. The van der Waals surface area contributed by atoms with Crippen LogP contribution in [0.2, 0.25) is 0 Å². The molecule has 4 heterocycles. The molecule has 0 amide bonds. The monoisotopic (exact) mass is 469 g/mol. The van der Waals surface area contributed by atoms with E-state index >= 15 is 0 Å². The van der Waals surface area contributed by atoms with Crippen molar-refractivity contribution in [3.63, 3.8) is 0 Å². The molecule has 0 radical (unpaired) electrons. The first-order valence-electron chi connectivity index (χ1n) is 10.6. The minimum Gasteiger partial charge on any atom is -0.382 e. The second-order valence-corrected chi connectivity index (χ2v) is 12.0. The molecule has 2 aliphatic rings. The van der Waals surface area contributed by atoms with Gasteiger partial charge in [-0.15, -0.1) is 0 Å². The van der Waals surface area contributed by atoms with Gasteiger partial charge in [0.05, 0.1) is 18.5 Å². The number of phosphoric ester groups is 1. The summed E-state index contributed by atoms with van der Waals surface area (Å²) in [4.78, 5) is 23.2. The van der Waals surface area contributed by atoms with Crippen molar-refractivity contribution in [3.05, 3.63) is 12.7 Å². The van der Waals surface area contributed by atoms with Gasteiger partial charge in [-0.1, -0.05) is 20.8 Å². The number of nitrogens with two attached hydrogens (primary N) is 1. The largest absolute Gasteiger partial charge is 0.473 e.